The number of nitrogens with zero attached hydrogens (tertiary/aromatic N) is 5. The maximum atomic E-state index is 13.8. The predicted octanol–water partition coefficient (Wildman–Crippen LogP) is 4.21. The first-order chi connectivity index (χ1) is 19.0. The van der Waals surface area contributed by atoms with Crippen molar-refractivity contribution >= 4 is 22.6 Å². The Balaban J connectivity index is 1.35. The quantitative estimate of drug-likeness (QED) is 0.434. The second-order valence-electron chi connectivity index (χ2n) is 10.2. The average molecular weight is 565 g/mol. The van der Waals surface area contributed by atoms with Gasteiger partial charge in [0.2, 0.25) is 5.82 Å². The van der Waals surface area contributed by atoms with E-state index in [2.05, 4.69) is 20.3 Å². The first-order valence-corrected chi connectivity index (χ1v) is 13.1. The number of alkyl halides is 5. The molecule has 2 N–H and O–H groups in total. The highest BCUT2D eigenvalue weighted by Crippen LogP contribution is 2.33. The molecule has 4 heterocycles. The molecule has 214 valence electrons. The molecule has 2 fully saturated rings. The van der Waals surface area contributed by atoms with Gasteiger partial charge >= 0.3 is 6.18 Å². The first-order valence-electron chi connectivity index (χ1n) is 13.1. The Morgan fingerprint density at radius 1 is 1.10 bits per heavy atom. The van der Waals surface area contributed by atoms with Crippen LogP contribution in [0.25, 0.3) is 10.9 Å². The van der Waals surface area contributed by atoms with E-state index < -0.39 is 48.8 Å². The van der Waals surface area contributed by atoms with Gasteiger partial charge < -0.3 is 15.3 Å². The van der Waals surface area contributed by atoms with Crippen LogP contribution in [0.5, 0.6) is 0 Å². The number of nitrogens with one attached hydrogen (secondary N) is 1. The van der Waals surface area contributed by atoms with Crippen molar-refractivity contribution in [2.45, 2.75) is 49.9 Å². The summed E-state index contributed by atoms with van der Waals surface area (Å²) < 4.78 is 66.6. The van der Waals surface area contributed by atoms with Gasteiger partial charge in [0.15, 0.2) is 0 Å². The van der Waals surface area contributed by atoms with Crippen molar-refractivity contribution in [2.75, 3.05) is 37.6 Å². The molecular weight excluding hydrogens is 535 g/mol. The molecule has 0 bridgehead atoms. The van der Waals surface area contributed by atoms with Crippen molar-refractivity contribution in [3.8, 4) is 0 Å². The minimum Gasteiger partial charge on any atom is -0.391 e. The van der Waals surface area contributed by atoms with Crippen molar-refractivity contribution in [3.05, 3.63) is 59.7 Å². The molecule has 0 spiro atoms. The van der Waals surface area contributed by atoms with Gasteiger partial charge in [0, 0.05) is 74.5 Å². The molecule has 13 heteroatoms. The highest BCUT2D eigenvalue weighted by molar-refractivity contribution is 6.06. The molecule has 2 saturated heterocycles. The number of hydrogen-bond donors (Lipinski definition) is 2. The molecule has 2 aromatic heterocycles. The Labute approximate surface area is 227 Å². The zero-order valence-electron chi connectivity index (χ0n) is 21.5. The van der Waals surface area contributed by atoms with Gasteiger partial charge in [-0.05, 0) is 37.1 Å². The molecule has 1 aromatic carbocycles. The third-order valence-corrected chi connectivity index (χ3v) is 7.42. The second kappa shape index (κ2) is 11.2. The number of amides is 1. The van der Waals surface area contributed by atoms with E-state index >= 15 is 0 Å². The van der Waals surface area contributed by atoms with E-state index in [1.54, 1.807) is 35.2 Å². The number of fused-ring (bicyclic) bond motifs is 1. The fraction of sp³-hybridized carbons (Fsp3) is 0.481. The molecule has 2 atom stereocenters. The zero-order chi connectivity index (χ0) is 28.5. The number of rotatable bonds is 6. The molecule has 3 aromatic rings. The maximum absolute atomic E-state index is 13.8. The van der Waals surface area contributed by atoms with E-state index in [-0.39, 0.29) is 25.2 Å². The maximum Gasteiger partial charge on any atom is 0.451 e. The van der Waals surface area contributed by atoms with Gasteiger partial charge in [-0.3, -0.25) is 9.69 Å². The van der Waals surface area contributed by atoms with Gasteiger partial charge in [0.1, 0.15) is 5.82 Å². The summed E-state index contributed by atoms with van der Waals surface area (Å²) in [6, 6.07) is 8.02. The molecule has 40 heavy (non-hydrogen) atoms. The largest absolute Gasteiger partial charge is 0.451 e. The smallest absolute Gasteiger partial charge is 0.391 e. The van der Waals surface area contributed by atoms with Gasteiger partial charge in [0.25, 0.3) is 11.8 Å². The summed E-state index contributed by atoms with van der Waals surface area (Å²) in [6.07, 6.45) is -2.28. The van der Waals surface area contributed by atoms with Crippen molar-refractivity contribution in [1.82, 2.24) is 25.2 Å². The molecule has 1 amide bonds. The number of carbonyl (C=O) groups excluding carboxylic acids is 1. The SMILES string of the molecule is O=C(NCC(c1cnc(C(F)(F)F)nc1)N1CCC(F)(F)CC1)c1cccc2nc(N3CCCC(O)C3)ccc12. The fourth-order valence-corrected chi connectivity index (χ4v) is 5.24. The number of halogens is 5. The van der Waals surface area contributed by atoms with E-state index in [1.807, 2.05) is 4.90 Å². The van der Waals surface area contributed by atoms with Crippen LogP contribution in [-0.2, 0) is 6.18 Å². The summed E-state index contributed by atoms with van der Waals surface area (Å²) in [5, 5.41) is 13.4. The molecule has 0 saturated carbocycles. The lowest BCUT2D eigenvalue weighted by atomic mass is 10.0. The number of aliphatic hydroxyl groups is 1. The number of β-amino-alcohol motifs (C(OH)–C–C–N with tert-alkyl or cyclic N) is 1. The van der Waals surface area contributed by atoms with Crippen LogP contribution >= 0.6 is 0 Å². The second-order valence-corrected chi connectivity index (χ2v) is 10.2. The number of pyridine rings is 1. The minimum atomic E-state index is -4.72. The fourth-order valence-electron chi connectivity index (χ4n) is 5.24. The van der Waals surface area contributed by atoms with Crippen molar-refractivity contribution in [2.24, 2.45) is 0 Å². The van der Waals surface area contributed by atoms with E-state index in [4.69, 9.17) is 0 Å². The van der Waals surface area contributed by atoms with Crippen LogP contribution in [0.3, 0.4) is 0 Å². The molecule has 0 radical (unpaired) electrons. The number of aromatic nitrogens is 3. The molecule has 2 aliphatic rings. The van der Waals surface area contributed by atoms with Gasteiger partial charge in [-0.15, -0.1) is 0 Å². The lowest BCUT2D eigenvalue weighted by Gasteiger charge is -2.37. The third-order valence-electron chi connectivity index (χ3n) is 7.42. The predicted molar refractivity (Wildman–Crippen MR) is 137 cm³/mol. The van der Waals surface area contributed by atoms with E-state index in [0.29, 0.717) is 28.8 Å². The number of piperidine rings is 2. The summed E-state index contributed by atoms with van der Waals surface area (Å²) >= 11 is 0. The summed E-state index contributed by atoms with van der Waals surface area (Å²) in [6.45, 7) is 1.21. The Kier molecular flexibility index (Phi) is 7.87. The summed E-state index contributed by atoms with van der Waals surface area (Å²) in [7, 11) is 0. The van der Waals surface area contributed by atoms with Gasteiger partial charge in [-0.2, -0.15) is 13.2 Å². The Bertz CT molecular complexity index is 1340. The van der Waals surface area contributed by atoms with Gasteiger partial charge in [-0.25, -0.2) is 23.7 Å². The van der Waals surface area contributed by atoms with E-state index in [1.165, 1.54) is 0 Å². The van der Waals surface area contributed by atoms with Crippen LogP contribution in [-0.4, -0.2) is 75.6 Å². The van der Waals surface area contributed by atoms with Crippen molar-refractivity contribution in [1.29, 1.82) is 0 Å². The number of benzene rings is 1. The van der Waals surface area contributed by atoms with Crippen LogP contribution < -0.4 is 10.2 Å². The minimum absolute atomic E-state index is 0.000715. The van der Waals surface area contributed by atoms with E-state index in [0.717, 1.165) is 31.8 Å². The molecule has 2 aliphatic heterocycles. The molecule has 5 rings (SSSR count). The summed E-state index contributed by atoms with van der Waals surface area (Å²) in [4.78, 5) is 28.5. The molecule has 8 nitrogen and oxygen atoms in total. The van der Waals surface area contributed by atoms with Crippen molar-refractivity contribution < 1.29 is 31.9 Å². The number of carbonyl (C=O) groups is 1. The summed E-state index contributed by atoms with van der Waals surface area (Å²) in [5.74, 6) is -3.85. The van der Waals surface area contributed by atoms with Crippen LogP contribution in [0, 0.1) is 0 Å². The number of aliphatic hydroxyl groups excluding tert-OH is 1. The molecule has 0 aliphatic carbocycles. The van der Waals surface area contributed by atoms with Crippen LogP contribution in [0.4, 0.5) is 27.8 Å². The molecular formula is C27H29F5N6O2. The van der Waals surface area contributed by atoms with Crippen molar-refractivity contribution in [3.63, 3.8) is 0 Å². The number of likely N-dealkylation sites (tertiary alicyclic amines) is 1. The van der Waals surface area contributed by atoms with E-state index in [9.17, 15) is 31.9 Å². The Morgan fingerprint density at radius 3 is 2.50 bits per heavy atom. The van der Waals surface area contributed by atoms with Gasteiger partial charge in [0.05, 0.1) is 17.7 Å². The first kappa shape index (κ1) is 28.1. The zero-order valence-corrected chi connectivity index (χ0v) is 21.5. The monoisotopic (exact) mass is 564 g/mol. The van der Waals surface area contributed by atoms with Crippen LogP contribution in [0.15, 0.2) is 42.7 Å². The average Bonchev–Trinajstić information content (AvgIpc) is 2.93. The number of anilines is 1. The van der Waals surface area contributed by atoms with Crippen LogP contribution in [0.2, 0.25) is 0 Å². The lowest BCUT2D eigenvalue weighted by Crippen LogP contribution is -2.45. The normalized spacial score (nSPS) is 20.9. The molecule has 2 unspecified atom stereocenters. The summed E-state index contributed by atoms with van der Waals surface area (Å²) in [5.41, 5.74) is 1.23. The lowest BCUT2D eigenvalue weighted by molar-refractivity contribution is -0.145. The third kappa shape index (κ3) is 6.30. The topological polar surface area (TPSA) is 94.5 Å². The highest BCUT2D eigenvalue weighted by atomic mass is 19.4. The van der Waals surface area contributed by atoms with Crippen LogP contribution in [0.1, 0.15) is 53.5 Å². The Morgan fingerprint density at radius 2 is 1.82 bits per heavy atom. The standard InChI is InChI=1S/C27H29F5N6O2/c28-26(29)8-11-37(12-9-26)22(17-13-34-25(35-14-17)27(30,31)32)15-33-24(40)20-4-1-5-21-19(20)6-7-23(36-21)38-10-2-3-18(39)16-38/h1,4-7,13-14,18,22,39H,2-3,8-12,15-16H2,(H,33,40). The Hall–Kier alpha value is -3.45. The number of hydrogen-bond acceptors (Lipinski definition) is 7. The highest BCUT2D eigenvalue weighted by Gasteiger charge is 2.38. The van der Waals surface area contributed by atoms with Gasteiger partial charge in [-0.1, -0.05) is 6.07 Å².